The van der Waals surface area contributed by atoms with Gasteiger partial charge in [0.15, 0.2) is 0 Å². The van der Waals surface area contributed by atoms with Crippen molar-refractivity contribution in [3.8, 4) is 0 Å². The normalized spacial score (nSPS) is 11.2. The lowest BCUT2D eigenvalue weighted by molar-refractivity contribution is 0.900. The maximum atomic E-state index is 4.88. The van der Waals surface area contributed by atoms with Gasteiger partial charge in [-0.05, 0) is 42.8 Å². The predicted octanol–water partition coefficient (Wildman–Crippen LogP) is 5.70. The first-order chi connectivity index (χ1) is 12.4. The number of nitrogens with one attached hydrogen (secondary N) is 1. The molecule has 0 amide bonds. The zero-order chi connectivity index (χ0) is 17.3. The van der Waals surface area contributed by atoms with Gasteiger partial charge in [0.05, 0.1) is 5.69 Å². The van der Waals surface area contributed by atoms with Crippen LogP contribution in [0.1, 0.15) is 13.3 Å². The van der Waals surface area contributed by atoms with Crippen LogP contribution in [0.2, 0.25) is 0 Å². The van der Waals surface area contributed by atoms with Crippen molar-refractivity contribution >= 4 is 23.0 Å². The van der Waals surface area contributed by atoms with Crippen LogP contribution in [0.5, 0.6) is 0 Å². The van der Waals surface area contributed by atoms with Crippen LogP contribution in [-0.4, -0.2) is 12.5 Å². The fourth-order valence-electron chi connectivity index (χ4n) is 2.62. The molecule has 0 aromatic heterocycles. The molecular weight excluding hydrogens is 306 g/mol. The average Bonchev–Trinajstić information content (AvgIpc) is 2.68. The van der Waals surface area contributed by atoms with E-state index in [0.29, 0.717) is 0 Å². The Morgan fingerprint density at radius 3 is 1.96 bits per heavy atom. The third-order valence-corrected chi connectivity index (χ3v) is 3.79. The molecule has 1 N–H and O–H groups in total. The molecule has 0 unspecified atom stereocenters. The van der Waals surface area contributed by atoms with Crippen LogP contribution in [-0.2, 0) is 0 Å². The summed E-state index contributed by atoms with van der Waals surface area (Å²) in [6.45, 7) is 3.06. The molecule has 3 heteroatoms. The van der Waals surface area contributed by atoms with Crippen LogP contribution in [0.3, 0.4) is 0 Å². The van der Waals surface area contributed by atoms with Gasteiger partial charge >= 0.3 is 0 Å². The van der Waals surface area contributed by atoms with Gasteiger partial charge in [0.2, 0.25) is 5.96 Å². The minimum absolute atomic E-state index is 0.824. The molecule has 0 bridgehead atoms. The number of guanidine groups is 1. The molecule has 25 heavy (non-hydrogen) atoms. The van der Waals surface area contributed by atoms with E-state index < -0.39 is 0 Å². The van der Waals surface area contributed by atoms with Crippen LogP contribution in [0.4, 0.5) is 17.1 Å². The van der Waals surface area contributed by atoms with Crippen molar-refractivity contribution in [1.82, 2.24) is 0 Å². The fourth-order valence-corrected chi connectivity index (χ4v) is 2.62. The Labute approximate surface area is 149 Å². The molecule has 0 saturated carbocycles. The van der Waals surface area contributed by atoms with Gasteiger partial charge < -0.3 is 10.2 Å². The molecule has 0 spiro atoms. The highest BCUT2D eigenvalue weighted by atomic mass is 15.3. The molecule has 3 nitrogen and oxygen atoms in total. The molecule has 0 fully saturated rings. The Kier molecular flexibility index (Phi) is 5.83. The standard InChI is InChI=1S/C22H23N3/c1-2-18-25(21-16-10-5-11-17-21)22(23-19-12-6-3-7-13-19)24-20-14-8-4-9-15-20/h3-17H,2,18H2,1H3,(H,23,24). The van der Waals surface area contributed by atoms with Crippen LogP contribution >= 0.6 is 0 Å². The molecule has 0 aliphatic heterocycles. The second-order valence-corrected chi connectivity index (χ2v) is 5.75. The summed E-state index contributed by atoms with van der Waals surface area (Å²) in [5.41, 5.74) is 3.08. The Morgan fingerprint density at radius 2 is 1.36 bits per heavy atom. The summed E-state index contributed by atoms with van der Waals surface area (Å²) < 4.78 is 0. The van der Waals surface area contributed by atoms with Crippen molar-refractivity contribution in [1.29, 1.82) is 0 Å². The van der Waals surface area contributed by atoms with Crippen LogP contribution in [0.25, 0.3) is 0 Å². The third kappa shape index (κ3) is 4.70. The molecule has 3 rings (SSSR count). The summed E-state index contributed by atoms with van der Waals surface area (Å²) in [5, 5.41) is 3.49. The summed E-state index contributed by atoms with van der Waals surface area (Å²) in [5.74, 6) is 0.824. The summed E-state index contributed by atoms with van der Waals surface area (Å²) in [4.78, 5) is 7.10. The van der Waals surface area contributed by atoms with E-state index in [1.807, 2.05) is 54.6 Å². The lowest BCUT2D eigenvalue weighted by atomic mass is 10.2. The van der Waals surface area contributed by atoms with Crippen molar-refractivity contribution in [3.63, 3.8) is 0 Å². The number of para-hydroxylation sites is 3. The molecule has 3 aromatic carbocycles. The minimum atomic E-state index is 0.824. The van der Waals surface area contributed by atoms with Gasteiger partial charge in [-0.3, -0.25) is 0 Å². The van der Waals surface area contributed by atoms with Gasteiger partial charge in [0.1, 0.15) is 0 Å². The van der Waals surface area contributed by atoms with Gasteiger partial charge in [-0.2, -0.15) is 0 Å². The lowest BCUT2D eigenvalue weighted by Gasteiger charge is -2.26. The number of hydrogen-bond acceptors (Lipinski definition) is 1. The number of hydrogen-bond donors (Lipinski definition) is 1. The highest BCUT2D eigenvalue weighted by Gasteiger charge is 2.13. The summed E-state index contributed by atoms with van der Waals surface area (Å²) in [7, 11) is 0. The number of rotatable bonds is 5. The van der Waals surface area contributed by atoms with Gasteiger partial charge in [-0.1, -0.05) is 61.5 Å². The number of aliphatic imine (C=N–C) groups is 1. The van der Waals surface area contributed by atoms with E-state index in [-0.39, 0.29) is 0 Å². The van der Waals surface area contributed by atoms with E-state index >= 15 is 0 Å². The number of nitrogens with zero attached hydrogens (tertiary/aromatic N) is 2. The first-order valence-electron chi connectivity index (χ1n) is 8.65. The zero-order valence-electron chi connectivity index (χ0n) is 14.5. The van der Waals surface area contributed by atoms with Crippen molar-refractivity contribution < 1.29 is 0 Å². The summed E-state index contributed by atoms with van der Waals surface area (Å²) in [6, 6.07) is 30.6. The van der Waals surface area contributed by atoms with Gasteiger partial charge in [-0.15, -0.1) is 0 Å². The number of benzene rings is 3. The SMILES string of the molecule is CCCN(C(=Nc1ccccc1)Nc1ccccc1)c1ccccc1. The van der Waals surface area contributed by atoms with Crippen molar-refractivity contribution in [2.45, 2.75) is 13.3 Å². The smallest absolute Gasteiger partial charge is 0.208 e. The Morgan fingerprint density at radius 1 is 0.800 bits per heavy atom. The van der Waals surface area contributed by atoms with E-state index in [9.17, 15) is 0 Å². The number of anilines is 2. The highest BCUT2D eigenvalue weighted by Crippen LogP contribution is 2.19. The molecule has 0 saturated heterocycles. The maximum Gasteiger partial charge on any atom is 0.208 e. The van der Waals surface area contributed by atoms with Gasteiger partial charge in [0, 0.05) is 17.9 Å². The molecule has 0 radical (unpaired) electrons. The van der Waals surface area contributed by atoms with Crippen LogP contribution in [0, 0.1) is 0 Å². The lowest BCUT2D eigenvalue weighted by Crippen LogP contribution is -2.37. The van der Waals surface area contributed by atoms with Crippen molar-refractivity contribution in [2.24, 2.45) is 4.99 Å². The molecule has 0 atom stereocenters. The zero-order valence-corrected chi connectivity index (χ0v) is 14.5. The Hall–Kier alpha value is -3.07. The second-order valence-electron chi connectivity index (χ2n) is 5.75. The van der Waals surface area contributed by atoms with Gasteiger partial charge in [-0.25, -0.2) is 4.99 Å². The van der Waals surface area contributed by atoms with Crippen LogP contribution < -0.4 is 10.2 Å². The quantitative estimate of drug-likeness (QED) is 0.480. The molecule has 3 aromatic rings. The Bertz CT molecular complexity index is 783. The molecule has 0 aliphatic rings. The van der Waals surface area contributed by atoms with E-state index in [0.717, 1.165) is 36.0 Å². The van der Waals surface area contributed by atoms with Gasteiger partial charge in [0.25, 0.3) is 0 Å². The first kappa shape index (κ1) is 16.8. The molecule has 126 valence electrons. The molecule has 0 heterocycles. The minimum Gasteiger partial charge on any atom is -0.326 e. The van der Waals surface area contributed by atoms with E-state index in [1.165, 1.54) is 0 Å². The molecule has 0 aliphatic carbocycles. The predicted molar refractivity (Wildman–Crippen MR) is 108 cm³/mol. The fraction of sp³-hybridized carbons (Fsp3) is 0.136. The van der Waals surface area contributed by atoms with E-state index in [1.54, 1.807) is 0 Å². The summed E-state index contributed by atoms with van der Waals surface area (Å²) in [6.07, 6.45) is 1.03. The first-order valence-corrected chi connectivity index (χ1v) is 8.65. The van der Waals surface area contributed by atoms with Crippen molar-refractivity contribution in [3.05, 3.63) is 91.0 Å². The maximum absolute atomic E-state index is 4.88. The van der Waals surface area contributed by atoms with Crippen LogP contribution in [0.15, 0.2) is 96.0 Å². The molecular formula is C22H23N3. The topological polar surface area (TPSA) is 27.6 Å². The Balaban J connectivity index is 2.00. The third-order valence-electron chi connectivity index (χ3n) is 3.79. The van der Waals surface area contributed by atoms with E-state index in [4.69, 9.17) is 4.99 Å². The largest absolute Gasteiger partial charge is 0.326 e. The second kappa shape index (κ2) is 8.69. The highest BCUT2D eigenvalue weighted by molar-refractivity contribution is 6.06. The average molecular weight is 329 g/mol. The van der Waals surface area contributed by atoms with E-state index in [2.05, 4.69) is 53.5 Å². The summed E-state index contributed by atoms with van der Waals surface area (Å²) >= 11 is 0. The van der Waals surface area contributed by atoms with Crippen molar-refractivity contribution in [2.75, 3.05) is 16.8 Å². The monoisotopic (exact) mass is 329 g/mol.